The number of nitrogens with zero attached hydrogens (tertiary/aromatic N) is 3. The Kier molecular flexibility index (Phi) is 5.11. The quantitative estimate of drug-likeness (QED) is 0.733. The predicted molar refractivity (Wildman–Crippen MR) is 103 cm³/mol. The van der Waals surface area contributed by atoms with Crippen LogP contribution in [0, 0.1) is 5.82 Å². The second-order valence-electron chi connectivity index (χ2n) is 6.46. The van der Waals surface area contributed by atoms with Crippen LogP contribution in [0.3, 0.4) is 0 Å². The summed E-state index contributed by atoms with van der Waals surface area (Å²) in [4.78, 5) is 14.6. The summed E-state index contributed by atoms with van der Waals surface area (Å²) in [7, 11) is 0. The van der Waals surface area contributed by atoms with Gasteiger partial charge in [-0.15, -0.1) is 10.2 Å². The number of nitrogens with one attached hydrogen (secondary N) is 1. The maximum absolute atomic E-state index is 12.9. The van der Waals surface area contributed by atoms with Crippen molar-refractivity contribution in [3.05, 3.63) is 75.5 Å². The van der Waals surface area contributed by atoms with E-state index < -0.39 is 0 Å². The number of hydrogen-bond donors (Lipinski definition) is 1. The molecule has 4 rings (SSSR count). The predicted octanol–water partition coefficient (Wildman–Crippen LogP) is 3.56. The van der Waals surface area contributed by atoms with Gasteiger partial charge in [0, 0.05) is 18.8 Å². The normalized spacial score (nSPS) is 13.3. The lowest BCUT2D eigenvalue weighted by atomic mass is 10.0. The third-order valence-electron chi connectivity index (χ3n) is 4.56. The molecule has 0 aliphatic carbocycles. The molecule has 0 saturated heterocycles. The molecule has 1 amide bonds. The summed E-state index contributed by atoms with van der Waals surface area (Å²) in [5.74, 6) is -0.555. The number of benzene rings is 2. The third-order valence-corrected chi connectivity index (χ3v) is 5.47. The molecule has 1 aromatic heterocycles. The summed E-state index contributed by atoms with van der Waals surface area (Å²) in [5, 5.41) is 12.2. The lowest BCUT2D eigenvalue weighted by Crippen LogP contribution is -2.28. The fourth-order valence-corrected chi connectivity index (χ4v) is 3.98. The van der Waals surface area contributed by atoms with Gasteiger partial charge in [0.1, 0.15) is 10.8 Å². The van der Waals surface area contributed by atoms with Crippen LogP contribution in [-0.4, -0.2) is 22.6 Å². The Morgan fingerprint density at radius 3 is 2.81 bits per heavy atom. The zero-order valence-corrected chi connectivity index (χ0v) is 15.5. The number of para-hydroxylation sites is 1. The first-order valence-corrected chi connectivity index (χ1v) is 9.68. The smallest absolute Gasteiger partial charge is 0.282 e. The van der Waals surface area contributed by atoms with Gasteiger partial charge in [-0.05, 0) is 42.2 Å². The number of aryl methyl sites for hydroxylation is 1. The molecular weight excluding hydrogens is 363 g/mol. The molecule has 3 aromatic rings. The molecule has 0 bridgehead atoms. The molecule has 5 nitrogen and oxygen atoms in total. The van der Waals surface area contributed by atoms with Crippen molar-refractivity contribution in [1.29, 1.82) is 0 Å². The van der Waals surface area contributed by atoms with Gasteiger partial charge in [-0.3, -0.25) is 4.79 Å². The molecule has 7 heteroatoms. The minimum Gasteiger partial charge on any atom is -0.364 e. The van der Waals surface area contributed by atoms with Gasteiger partial charge in [0.15, 0.2) is 0 Å². The van der Waals surface area contributed by atoms with Crippen LogP contribution in [0.15, 0.2) is 48.5 Å². The molecule has 1 N–H and O–H groups in total. The van der Waals surface area contributed by atoms with E-state index in [2.05, 4.69) is 38.6 Å². The van der Waals surface area contributed by atoms with Crippen LogP contribution < -0.4 is 10.2 Å². The van der Waals surface area contributed by atoms with Crippen LogP contribution in [0.5, 0.6) is 0 Å². The van der Waals surface area contributed by atoms with Crippen molar-refractivity contribution >= 4 is 22.9 Å². The van der Waals surface area contributed by atoms with E-state index in [0.717, 1.165) is 30.0 Å². The van der Waals surface area contributed by atoms with E-state index in [-0.39, 0.29) is 11.7 Å². The molecule has 27 heavy (non-hydrogen) atoms. The highest BCUT2D eigenvalue weighted by Gasteiger charge is 2.19. The first kappa shape index (κ1) is 17.6. The van der Waals surface area contributed by atoms with E-state index in [1.54, 1.807) is 12.1 Å². The topological polar surface area (TPSA) is 58.1 Å². The van der Waals surface area contributed by atoms with E-state index in [0.29, 0.717) is 18.1 Å². The number of aromatic nitrogens is 2. The van der Waals surface area contributed by atoms with E-state index in [1.165, 1.54) is 34.7 Å². The first-order chi connectivity index (χ1) is 13.2. The molecule has 1 aliphatic heterocycles. The van der Waals surface area contributed by atoms with Gasteiger partial charge < -0.3 is 10.2 Å². The summed E-state index contributed by atoms with van der Waals surface area (Å²) in [6, 6.07) is 14.5. The number of halogens is 1. The number of fused-ring (bicyclic) bond motifs is 1. The maximum Gasteiger partial charge on any atom is 0.282 e. The van der Waals surface area contributed by atoms with E-state index in [9.17, 15) is 9.18 Å². The van der Waals surface area contributed by atoms with E-state index >= 15 is 0 Å². The summed E-state index contributed by atoms with van der Waals surface area (Å²) >= 11 is 1.31. The molecule has 0 fully saturated rings. The number of carbonyl (C=O) groups excluding carboxylic acids is 1. The van der Waals surface area contributed by atoms with Crippen molar-refractivity contribution in [3.63, 3.8) is 0 Å². The van der Waals surface area contributed by atoms with Crippen molar-refractivity contribution in [2.24, 2.45) is 0 Å². The molecule has 0 saturated carbocycles. The Morgan fingerprint density at radius 1 is 1.15 bits per heavy atom. The van der Waals surface area contributed by atoms with Crippen molar-refractivity contribution in [1.82, 2.24) is 15.5 Å². The molecule has 2 aromatic carbocycles. The summed E-state index contributed by atoms with van der Waals surface area (Å²) in [6.07, 6.45) is 2.21. The lowest BCUT2D eigenvalue weighted by Gasteiger charge is -2.30. The van der Waals surface area contributed by atoms with Crippen molar-refractivity contribution in [2.45, 2.75) is 25.9 Å². The van der Waals surface area contributed by atoms with Crippen molar-refractivity contribution in [2.75, 3.05) is 11.4 Å². The maximum atomic E-state index is 12.9. The average molecular weight is 382 g/mol. The van der Waals surface area contributed by atoms with Crippen LogP contribution in [0.2, 0.25) is 0 Å². The standard InChI is InChI=1S/C20H19FN4OS/c21-16-9-7-14(8-10-16)12-22-19(26)20-24-23-18(27-20)13-25-11-3-5-15-4-1-2-6-17(15)25/h1-2,4,6-10H,3,5,11-13H2,(H,22,26). The lowest BCUT2D eigenvalue weighted by molar-refractivity contribution is 0.0950. The Bertz CT molecular complexity index is 941. The van der Waals surface area contributed by atoms with Gasteiger partial charge >= 0.3 is 0 Å². The van der Waals surface area contributed by atoms with Gasteiger partial charge in [0.2, 0.25) is 5.01 Å². The molecule has 0 radical (unpaired) electrons. The zero-order chi connectivity index (χ0) is 18.6. The van der Waals surface area contributed by atoms with Crippen molar-refractivity contribution < 1.29 is 9.18 Å². The molecule has 0 spiro atoms. The fraction of sp³-hybridized carbons (Fsp3) is 0.250. The van der Waals surface area contributed by atoms with Gasteiger partial charge in [-0.25, -0.2) is 4.39 Å². The van der Waals surface area contributed by atoms with Crippen LogP contribution in [0.1, 0.15) is 32.4 Å². The first-order valence-electron chi connectivity index (χ1n) is 8.87. The van der Waals surface area contributed by atoms with Crippen LogP contribution in [0.4, 0.5) is 10.1 Å². The number of carbonyl (C=O) groups is 1. The van der Waals surface area contributed by atoms with E-state index in [1.807, 2.05) is 6.07 Å². The minimum atomic E-state index is -0.293. The van der Waals surface area contributed by atoms with Crippen LogP contribution in [-0.2, 0) is 19.5 Å². The Balaban J connectivity index is 1.38. The SMILES string of the molecule is O=C(NCc1ccc(F)cc1)c1nnc(CN2CCCc3ccccc32)s1. The highest BCUT2D eigenvalue weighted by atomic mass is 32.1. The van der Waals surface area contributed by atoms with Crippen molar-refractivity contribution in [3.8, 4) is 0 Å². The summed E-state index contributed by atoms with van der Waals surface area (Å²) in [5.41, 5.74) is 3.42. The van der Waals surface area contributed by atoms with Gasteiger partial charge in [0.05, 0.1) is 6.54 Å². The Labute approximate surface area is 160 Å². The number of rotatable bonds is 5. The van der Waals surface area contributed by atoms with Gasteiger partial charge in [0.25, 0.3) is 5.91 Å². The van der Waals surface area contributed by atoms with Gasteiger partial charge in [-0.1, -0.05) is 41.7 Å². The highest BCUT2D eigenvalue weighted by molar-refractivity contribution is 7.13. The zero-order valence-electron chi connectivity index (χ0n) is 14.7. The molecule has 0 atom stereocenters. The molecule has 138 valence electrons. The second-order valence-corrected chi connectivity index (χ2v) is 7.53. The van der Waals surface area contributed by atoms with Gasteiger partial charge in [-0.2, -0.15) is 0 Å². The van der Waals surface area contributed by atoms with Crippen LogP contribution in [0.25, 0.3) is 0 Å². The average Bonchev–Trinajstić information content (AvgIpc) is 3.16. The second kappa shape index (κ2) is 7.84. The summed E-state index contributed by atoms with van der Waals surface area (Å²) < 4.78 is 12.9. The monoisotopic (exact) mass is 382 g/mol. The third kappa shape index (κ3) is 4.14. The fourth-order valence-electron chi connectivity index (χ4n) is 3.21. The van der Waals surface area contributed by atoms with Crippen LogP contribution >= 0.6 is 11.3 Å². The largest absolute Gasteiger partial charge is 0.364 e. The number of hydrogen-bond acceptors (Lipinski definition) is 5. The Morgan fingerprint density at radius 2 is 1.96 bits per heavy atom. The molecule has 0 unspecified atom stereocenters. The summed E-state index contributed by atoms with van der Waals surface area (Å²) in [6.45, 7) is 1.95. The van der Waals surface area contributed by atoms with E-state index in [4.69, 9.17) is 0 Å². The highest BCUT2D eigenvalue weighted by Crippen LogP contribution is 2.28. The molecule has 2 heterocycles. The number of anilines is 1. The minimum absolute atomic E-state index is 0.262. The number of amides is 1. The molecule has 1 aliphatic rings. The molecular formula is C20H19FN4OS. The Hall–Kier alpha value is -2.80.